The van der Waals surface area contributed by atoms with E-state index in [1.165, 1.54) is 16.7 Å². The van der Waals surface area contributed by atoms with Crippen molar-refractivity contribution >= 4 is 18.2 Å². The number of benzene rings is 2. The minimum absolute atomic E-state index is 0.561. The van der Waals surface area contributed by atoms with E-state index in [-0.39, 0.29) is 0 Å². The molecule has 3 nitrogen and oxygen atoms in total. The number of hydrogen-bond acceptors (Lipinski definition) is 3. The summed E-state index contributed by atoms with van der Waals surface area (Å²) in [7, 11) is -1.45. The Labute approximate surface area is 164 Å². The van der Waals surface area contributed by atoms with Gasteiger partial charge in [-0.3, -0.25) is 4.90 Å². The maximum Gasteiger partial charge on any atom is 0.488 e. The van der Waals surface area contributed by atoms with Gasteiger partial charge in [0.15, 0.2) is 0 Å². The predicted molar refractivity (Wildman–Crippen MR) is 118 cm³/mol. The zero-order valence-corrected chi connectivity index (χ0v) is 17.0. The molecule has 0 aliphatic carbocycles. The fourth-order valence-electron chi connectivity index (χ4n) is 2.99. The summed E-state index contributed by atoms with van der Waals surface area (Å²) in [4.78, 5) is 2.28. The zero-order chi connectivity index (χ0) is 20.2. The van der Waals surface area contributed by atoms with Gasteiger partial charge in [0.05, 0.1) is 0 Å². The third-order valence-corrected chi connectivity index (χ3v) is 4.38. The lowest BCUT2D eigenvalue weighted by molar-refractivity contribution is 0.316. The van der Waals surface area contributed by atoms with Crippen LogP contribution < -0.4 is 5.46 Å². The molecule has 0 aromatic heterocycles. The first-order valence-electron chi connectivity index (χ1n) is 9.60. The van der Waals surface area contributed by atoms with Gasteiger partial charge in [-0.25, -0.2) is 0 Å². The van der Waals surface area contributed by atoms with E-state index in [1.54, 1.807) is 6.07 Å². The van der Waals surface area contributed by atoms with Crippen LogP contribution in [0.2, 0.25) is 0 Å². The van der Waals surface area contributed by atoms with E-state index >= 15 is 0 Å². The summed E-state index contributed by atoms with van der Waals surface area (Å²) < 4.78 is 0. The molecule has 4 heteroatoms. The maximum absolute atomic E-state index is 9.58. The SMILES string of the molecule is C=C/C=C(/CN(CC)Cc1ccccc1B(O)O)c1ccccc1C.CC. The van der Waals surface area contributed by atoms with Crippen molar-refractivity contribution in [2.75, 3.05) is 13.1 Å². The van der Waals surface area contributed by atoms with Crippen molar-refractivity contribution < 1.29 is 10.0 Å². The van der Waals surface area contributed by atoms with Gasteiger partial charge >= 0.3 is 7.12 Å². The first-order valence-corrected chi connectivity index (χ1v) is 9.60. The maximum atomic E-state index is 9.58. The van der Waals surface area contributed by atoms with Crippen LogP contribution in [0.5, 0.6) is 0 Å². The van der Waals surface area contributed by atoms with Crippen LogP contribution in [0.25, 0.3) is 5.57 Å². The topological polar surface area (TPSA) is 43.7 Å². The summed E-state index contributed by atoms with van der Waals surface area (Å²) in [6.07, 6.45) is 3.87. The standard InChI is InChI=1S/C21H26BNO2.C2H6/c1-4-10-18(20-13-8-6-11-17(20)3)15-23(5-2)16-19-12-7-9-14-21(19)22(24)25;1-2/h4,6-14,24-25H,1,5,15-16H2,2-3H3;1-2H3/b18-10-;. The lowest BCUT2D eigenvalue weighted by atomic mass is 9.77. The van der Waals surface area contributed by atoms with Gasteiger partial charge in [0.25, 0.3) is 0 Å². The van der Waals surface area contributed by atoms with Crippen LogP contribution in [0.15, 0.2) is 67.3 Å². The van der Waals surface area contributed by atoms with Crippen molar-refractivity contribution in [1.82, 2.24) is 4.90 Å². The summed E-state index contributed by atoms with van der Waals surface area (Å²) in [6.45, 7) is 14.4. The van der Waals surface area contributed by atoms with Gasteiger partial charge in [0.2, 0.25) is 0 Å². The molecule has 0 unspecified atom stereocenters. The van der Waals surface area contributed by atoms with Crippen molar-refractivity contribution in [1.29, 1.82) is 0 Å². The van der Waals surface area contributed by atoms with Crippen molar-refractivity contribution in [3.8, 4) is 0 Å². The number of hydrogen-bond donors (Lipinski definition) is 2. The quantitative estimate of drug-likeness (QED) is 0.553. The monoisotopic (exact) mass is 365 g/mol. The molecule has 144 valence electrons. The molecule has 0 amide bonds. The molecule has 27 heavy (non-hydrogen) atoms. The van der Waals surface area contributed by atoms with Gasteiger partial charge in [-0.2, -0.15) is 0 Å². The van der Waals surface area contributed by atoms with E-state index in [0.29, 0.717) is 12.0 Å². The third-order valence-electron chi connectivity index (χ3n) is 4.38. The van der Waals surface area contributed by atoms with Gasteiger partial charge in [0.1, 0.15) is 0 Å². The number of aryl methyl sites for hydroxylation is 1. The smallest absolute Gasteiger partial charge is 0.423 e. The normalized spacial score (nSPS) is 11.0. The molecule has 2 aromatic carbocycles. The van der Waals surface area contributed by atoms with E-state index in [4.69, 9.17) is 0 Å². The first-order chi connectivity index (χ1) is 13.1. The highest BCUT2D eigenvalue weighted by atomic mass is 16.4. The second kappa shape index (κ2) is 12.3. The van der Waals surface area contributed by atoms with Gasteiger partial charge < -0.3 is 10.0 Å². The molecule has 0 saturated carbocycles. The van der Waals surface area contributed by atoms with Crippen molar-refractivity contribution in [3.05, 3.63) is 84.0 Å². The average molecular weight is 365 g/mol. The Morgan fingerprint density at radius 1 is 1.07 bits per heavy atom. The number of nitrogens with zero attached hydrogens (tertiary/aromatic N) is 1. The Hall–Kier alpha value is -2.14. The minimum Gasteiger partial charge on any atom is -0.423 e. The van der Waals surface area contributed by atoms with Crippen LogP contribution in [0.4, 0.5) is 0 Å². The molecule has 0 heterocycles. The Morgan fingerprint density at radius 2 is 1.70 bits per heavy atom. The molecule has 0 atom stereocenters. The Bertz CT molecular complexity index is 741. The molecule has 0 radical (unpaired) electrons. The summed E-state index contributed by atoms with van der Waals surface area (Å²) in [5, 5.41) is 19.2. The van der Waals surface area contributed by atoms with Gasteiger partial charge in [0, 0.05) is 13.1 Å². The number of rotatable bonds is 8. The lowest BCUT2D eigenvalue weighted by Gasteiger charge is -2.24. The fourth-order valence-corrected chi connectivity index (χ4v) is 2.99. The molecule has 2 N–H and O–H groups in total. The highest BCUT2D eigenvalue weighted by Crippen LogP contribution is 2.21. The second-order valence-corrected chi connectivity index (χ2v) is 6.12. The van der Waals surface area contributed by atoms with E-state index in [2.05, 4.69) is 43.5 Å². The highest BCUT2D eigenvalue weighted by molar-refractivity contribution is 6.59. The highest BCUT2D eigenvalue weighted by Gasteiger charge is 2.17. The van der Waals surface area contributed by atoms with Crippen molar-refractivity contribution in [2.24, 2.45) is 0 Å². The molecular weight excluding hydrogens is 333 g/mol. The van der Waals surface area contributed by atoms with Crippen molar-refractivity contribution in [3.63, 3.8) is 0 Å². The van der Waals surface area contributed by atoms with Crippen LogP contribution >= 0.6 is 0 Å². The van der Waals surface area contributed by atoms with Gasteiger partial charge in [-0.1, -0.05) is 88.0 Å². The summed E-state index contributed by atoms with van der Waals surface area (Å²) in [6, 6.07) is 15.8. The molecule has 0 aliphatic heterocycles. The van der Waals surface area contributed by atoms with E-state index in [1.807, 2.05) is 50.3 Å². The summed E-state index contributed by atoms with van der Waals surface area (Å²) >= 11 is 0. The Balaban J connectivity index is 0.00000176. The Kier molecular flexibility index (Phi) is 10.4. The molecule has 0 aliphatic rings. The van der Waals surface area contributed by atoms with Gasteiger partial charge in [-0.05, 0) is 41.2 Å². The number of likely N-dealkylation sites (N-methyl/N-ethyl adjacent to an activating group) is 1. The summed E-state index contributed by atoms with van der Waals surface area (Å²) in [5.74, 6) is 0. The Morgan fingerprint density at radius 3 is 2.30 bits per heavy atom. The lowest BCUT2D eigenvalue weighted by Crippen LogP contribution is -2.36. The van der Waals surface area contributed by atoms with Gasteiger partial charge in [-0.15, -0.1) is 0 Å². The largest absolute Gasteiger partial charge is 0.488 e. The van der Waals surface area contributed by atoms with E-state index in [0.717, 1.165) is 18.7 Å². The van der Waals surface area contributed by atoms with Crippen LogP contribution in [0.1, 0.15) is 37.5 Å². The summed E-state index contributed by atoms with van der Waals surface area (Å²) in [5.41, 5.74) is 5.15. The molecule has 2 rings (SSSR count). The van der Waals surface area contributed by atoms with Crippen LogP contribution in [-0.4, -0.2) is 35.2 Å². The third kappa shape index (κ3) is 6.83. The zero-order valence-electron chi connectivity index (χ0n) is 17.0. The van der Waals surface area contributed by atoms with Crippen LogP contribution in [0.3, 0.4) is 0 Å². The minimum atomic E-state index is -1.45. The van der Waals surface area contributed by atoms with E-state index in [9.17, 15) is 10.0 Å². The first kappa shape index (κ1) is 22.9. The van der Waals surface area contributed by atoms with Crippen LogP contribution in [-0.2, 0) is 6.54 Å². The molecule has 0 bridgehead atoms. The van der Waals surface area contributed by atoms with Crippen LogP contribution in [0, 0.1) is 6.92 Å². The van der Waals surface area contributed by atoms with E-state index < -0.39 is 7.12 Å². The average Bonchev–Trinajstić information content (AvgIpc) is 2.69. The predicted octanol–water partition coefficient (Wildman–Crippen LogP) is 3.79. The number of allylic oxidation sites excluding steroid dienone is 2. The second-order valence-electron chi connectivity index (χ2n) is 6.12. The molecule has 0 fully saturated rings. The molecule has 0 saturated heterocycles. The molecular formula is C23H32BNO2. The molecule has 0 spiro atoms. The fraction of sp³-hybridized carbons (Fsp3) is 0.304. The van der Waals surface area contributed by atoms with Crippen molar-refractivity contribution in [2.45, 2.75) is 34.2 Å². The molecule has 2 aromatic rings.